The van der Waals surface area contributed by atoms with Crippen molar-refractivity contribution in [2.75, 3.05) is 18.0 Å². The summed E-state index contributed by atoms with van der Waals surface area (Å²) in [6.45, 7) is 5.81. The first-order valence-corrected chi connectivity index (χ1v) is 6.91. The molecule has 1 aromatic carbocycles. The number of benzene rings is 1. The number of nitrogens with one attached hydrogen (secondary N) is 1. The molecule has 0 saturated carbocycles. The fourth-order valence-corrected chi connectivity index (χ4v) is 2.80. The zero-order valence-electron chi connectivity index (χ0n) is 11.7. The molecular weight excluding hydrogens is 238 g/mol. The van der Waals surface area contributed by atoms with Gasteiger partial charge in [-0.25, -0.2) is 0 Å². The number of anilines is 1. The zero-order valence-corrected chi connectivity index (χ0v) is 11.7. The van der Waals surface area contributed by atoms with E-state index in [2.05, 4.69) is 22.3 Å². The molecule has 1 aliphatic heterocycles. The van der Waals surface area contributed by atoms with Crippen LogP contribution in [0.2, 0.25) is 0 Å². The van der Waals surface area contributed by atoms with Gasteiger partial charge in [0.15, 0.2) is 0 Å². The fraction of sp³-hybridized carbons (Fsp3) is 0.533. The average molecular weight is 261 g/mol. The van der Waals surface area contributed by atoms with Crippen molar-refractivity contribution in [2.24, 2.45) is 5.73 Å². The molecule has 0 atom stereocenters. The van der Waals surface area contributed by atoms with Crippen molar-refractivity contribution in [3.63, 3.8) is 0 Å². The summed E-state index contributed by atoms with van der Waals surface area (Å²) in [6, 6.07) is 10.6. The van der Waals surface area contributed by atoms with Crippen LogP contribution >= 0.6 is 0 Å². The molecule has 0 radical (unpaired) electrons. The predicted molar refractivity (Wildman–Crippen MR) is 78.1 cm³/mol. The smallest absolute Gasteiger partial charge is 0.237 e. The van der Waals surface area contributed by atoms with Crippen molar-refractivity contribution in [1.82, 2.24) is 5.32 Å². The van der Waals surface area contributed by atoms with Crippen molar-refractivity contribution in [3.8, 4) is 0 Å². The number of piperidine rings is 1. The minimum Gasteiger partial charge on any atom is -0.371 e. The Labute approximate surface area is 115 Å². The van der Waals surface area contributed by atoms with Crippen LogP contribution in [0.15, 0.2) is 30.3 Å². The van der Waals surface area contributed by atoms with Crippen LogP contribution in [0.5, 0.6) is 0 Å². The summed E-state index contributed by atoms with van der Waals surface area (Å²) in [5.74, 6) is -0.228. The number of rotatable bonds is 4. The molecule has 104 valence electrons. The maximum atomic E-state index is 11.8. The summed E-state index contributed by atoms with van der Waals surface area (Å²) in [5, 5.41) is 3.37. The molecule has 1 aliphatic rings. The summed E-state index contributed by atoms with van der Waals surface area (Å²) in [4.78, 5) is 14.1. The number of primary amides is 1. The van der Waals surface area contributed by atoms with Crippen molar-refractivity contribution in [1.29, 1.82) is 0 Å². The number of carbonyl (C=O) groups excluding carboxylic acids is 1. The lowest BCUT2D eigenvalue weighted by Gasteiger charge is -2.42. The highest BCUT2D eigenvalue weighted by molar-refractivity contribution is 5.85. The van der Waals surface area contributed by atoms with Crippen LogP contribution in [0.1, 0.15) is 26.7 Å². The van der Waals surface area contributed by atoms with Gasteiger partial charge in [0.2, 0.25) is 5.91 Å². The number of amides is 1. The highest BCUT2D eigenvalue weighted by Gasteiger charge is 2.40. The lowest BCUT2D eigenvalue weighted by atomic mass is 9.85. The highest BCUT2D eigenvalue weighted by Crippen LogP contribution is 2.26. The van der Waals surface area contributed by atoms with Gasteiger partial charge < -0.3 is 16.0 Å². The van der Waals surface area contributed by atoms with Gasteiger partial charge >= 0.3 is 0 Å². The van der Waals surface area contributed by atoms with Gasteiger partial charge in [-0.05, 0) is 38.8 Å². The fourth-order valence-electron chi connectivity index (χ4n) is 2.80. The predicted octanol–water partition coefficient (Wildman–Crippen LogP) is 1.51. The van der Waals surface area contributed by atoms with Crippen molar-refractivity contribution >= 4 is 11.6 Å². The van der Waals surface area contributed by atoms with E-state index in [4.69, 9.17) is 5.73 Å². The molecule has 3 N–H and O–H groups in total. The van der Waals surface area contributed by atoms with Crippen LogP contribution in [0.25, 0.3) is 0 Å². The summed E-state index contributed by atoms with van der Waals surface area (Å²) in [6.07, 6.45) is 1.52. The largest absolute Gasteiger partial charge is 0.371 e. The maximum Gasteiger partial charge on any atom is 0.237 e. The van der Waals surface area contributed by atoms with E-state index in [1.807, 2.05) is 32.0 Å². The third-order valence-electron chi connectivity index (χ3n) is 3.77. The Kier molecular flexibility index (Phi) is 4.10. The molecular formula is C15H23N3O. The van der Waals surface area contributed by atoms with Crippen LogP contribution in [-0.4, -0.2) is 30.6 Å². The molecule has 2 rings (SSSR count). The minimum absolute atomic E-state index is 0.228. The van der Waals surface area contributed by atoms with E-state index in [0.717, 1.165) is 25.9 Å². The van der Waals surface area contributed by atoms with Gasteiger partial charge in [-0.2, -0.15) is 0 Å². The van der Waals surface area contributed by atoms with Crippen LogP contribution in [0.3, 0.4) is 0 Å². The van der Waals surface area contributed by atoms with Crippen molar-refractivity contribution < 1.29 is 4.79 Å². The quantitative estimate of drug-likeness (QED) is 0.863. The molecule has 4 nitrogen and oxygen atoms in total. The van der Waals surface area contributed by atoms with E-state index in [9.17, 15) is 4.79 Å². The van der Waals surface area contributed by atoms with E-state index in [1.54, 1.807) is 0 Å². The van der Waals surface area contributed by atoms with E-state index in [1.165, 1.54) is 5.69 Å². The van der Waals surface area contributed by atoms with Crippen molar-refractivity contribution in [3.05, 3.63) is 30.3 Å². The third kappa shape index (κ3) is 3.07. The standard InChI is InChI=1S/C15H23N3O/c1-12(2)17-15(14(16)19)8-10-18(11-9-15)13-6-4-3-5-7-13/h3-7,12,17H,8-11H2,1-2H3,(H2,16,19). The van der Waals surface area contributed by atoms with Crippen LogP contribution in [-0.2, 0) is 4.79 Å². The molecule has 0 aromatic heterocycles. The lowest BCUT2D eigenvalue weighted by Crippen LogP contribution is -2.62. The molecule has 1 aromatic rings. The number of nitrogens with two attached hydrogens (primary N) is 1. The van der Waals surface area contributed by atoms with Crippen molar-refractivity contribution in [2.45, 2.75) is 38.3 Å². The minimum atomic E-state index is -0.542. The number of carbonyl (C=O) groups is 1. The van der Waals surface area contributed by atoms with Gasteiger partial charge in [-0.3, -0.25) is 4.79 Å². The van der Waals surface area contributed by atoms with Gasteiger partial charge in [0.1, 0.15) is 5.54 Å². The first-order valence-electron chi connectivity index (χ1n) is 6.91. The molecule has 0 bridgehead atoms. The van der Waals surface area contributed by atoms with Gasteiger partial charge in [0, 0.05) is 24.8 Å². The lowest BCUT2D eigenvalue weighted by molar-refractivity contribution is -0.125. The number of hydrogen-bond donors (Lipinski definition) is 2. The van der Waals surface area contributed by atoms with E-state index in [-0.39, 0.29) is 11.9 Å². The normalized spacial score (nSPS) is 18.6. The third-order valence-corrected chi connectivity index (χ3v) is 3.77. The second kappa shape index (κ2) is 5.61. The van der Waals surface area contributed by atoms with Gasteiger partial charge in [-0.15, -0.1) is 0 Å². The number of hydrogen-bond acceptors (Lipinski definition) is 3. The average Bonchev–Trinajstić information content (AvgIpc) is 2.39. The molecule has 1 fully saturated rings. The molecule has 0 spiro atoms. The Hall–Kier alpha value is -1.55. The monoisotopic (exact) mass is 261 g/mol. The Morgan fingerprint density at radius 1 is 1.26 bits per heavy atom. The SMILES string of the molecule is CC(C)NC1(C(N)=O)CCN(c2ccccc2)CC1. The van der Waals surface area contributed by atoms with E-state index >= 15 is 0 Å². The van der Waals surface area contributed by atoms with Gasteiger partial charge in [0.05, 0.1) is 0 Å². The summed E-state index contributed by atoms with van der Waals surface area (Å²) >= 11 is 0. The highest BCUT2D eigenvalue weighted by atomic mass is 16.1. The molecule has 0 unspecified atom stereocenters. The second-order valence-corrected chi connectivity index (χ2v) is 5.57. The summed E-state index contributed by atoms with van der Waals surface area (Å²) in [7, 11) is 0. The Morgan fingerprint density at radius 2 is 1.84 bits per heavy atom. The summed E-state index contributed by atoms with van der Waals surface area (Å²) < 4.78 is 0. The molecule has 1 heterocycles. The Morgan fingerprint density at radius 3 is 2.32 bits per heavy atom. The first-order chi connectivity index (χ1) is 9.03. The van der Waals surface area contributed by atoms with Crippen LogP contribution in [0, 0.1) is 0 Å². The Balaban J connectivity index is 2.06. The summed E-state index contributed by atoms with van der Waals surface area (Å²) in [5.41, 5.74) is 6.29. The first kappa shape index (κ1) is 13.9. The second-order valence-electron chi connectivity index (χ2n) is 5.57. The van der Waals surface area contributed by atoms with Crippen LogP contribution < -0.4 is 16.0 Å². The Bertz CT molecular complexity index is 422. The zero-order chi connectivity index (χ0) is 13.9. The van der Waals surface area contributed by atoms with Crippen LogP contribution in [0.4, 0.5) is 5.69 Å². The maximum absolute atomic E-state index is 11.8. The topological polar surface area (TPSA) is 58.4 Å². The molecule has 4 heteroatoms. The van der Waals surface area contributed by atoms with E-state index in [0.29, 0.717) is 0 Å². The van der Waals surface area contributed by atoms with Gasteiger partial charge in [-0.1, -0.05) is 18.2 Å². The molecule has 19 heavy (non-hydrogen) atoms. The molecule has 1 saturated heterocycles. The number of para-hydroxylation sites is 1. The molecule has 1 amide bonds. The number of nitrogens with zero attached hydrogens (tertiary/aromatic N) is 1. The molecule has 0 aliphatic carbocycles. The van der Waals surface area contributed by atoms with E-state index < -0.39 is 5.54 Å². The van der Waals surface area contributed by atoms with Gasteiger partial charge in [0.25, 0.3) is 0 Å².